The molecule has 8 heteroatoms. The van der Waals surface area contributed by atoms with Crippen LogP contribution in [0.15, 0.2) is 12.4 Å². The van der Waals surface area contributed by atoms with Crippen molar-refractivity contribution in [1.29, 1.82) is 0 Å². The third-order valence-corrected chi connectivity index (χ3v) is 4.74. The van der Waals surface area contributed by atoms with Crippen LogP contribution in [0.4, 0.5) is 5.13 Å². The van der Waals surface area contributed by atoms with Crippen LogP contribution in [0.25, 0.3) is 0 Å². The Morgan fingerprint density at radius 1 is 1.27 bits per heavy atom. The van der Waals surface area contributed by atoms with E-state index in [-0.39, 0.29) is 6.10 Å². The Kier molecular flexibility index (Phi) is 4.37. The number of rotatable bonds is 5. The molecule has 1 fully saturated rings. The summed E-state index contributed by atoms with van der Waals surface area (Å²) in [6.07, 6.45) is 4.20. The molecule has 2 aromatic rings. The summed E-state index contributed by atoms with van der Waals surface area (Å²) < 4.78 is 10.9. The third kappa shape index (κ3) is 3.27. The molecule has 1 unspecified atom stereocenters. The highest BCUT2D eigenvalue weighted by molar-refractivity contribution is 7.15. The average molecular weight is 321 g/mol. The Morgan fingerprint density at radius 2 is 2.05 bits per heavy atom. The first-order valence-electron chi connectivity index (χ1n) is 7.26. The van der Waals surface area contributed by atoms with Crippen molar-refractivity contribution in [3.8, 4) is 11.8 Å². The molecule has 1 atom stereocenters. The first-order valence-corrected chi connectivity index (χ1v) is 8.08. The van der Waals surface area contributed by atoms with E-state index in [1.807, 2.05) is 0 Å². The molecule has 0 aliphatic carbocycles. The van der Waals surface area contributed by atoms with Gasteiger partial charge >= 0.3 is 6.01 Å². The van der Waals surface area contributed by atoms with Gasteiger partial charge in [-0.05, 0) is 0 Å². The average Bonchev–Trinajstić information content (AvgIpc) is 3.16. The summed E-state index contributed by atoms with van der Waals surface area (Å²) in [6.45, 7) is 5.94. The highest BCUT2D eigenvalue weighted by Crippen LogP contribution is 2.28. The van der Waals surface area contributed by atoms with Gasteiger partial charge in [-0.1, -0.05) is 25.2 Å². The lowest BCUT2D eigenvalue weighted by atomic mass is 10.2. The van der Waals surface area contributed by atoms with Gasteiger partial charge in [-0.3, -0.25) is 0 Å². The second-order valence-corrected chi connectivity index (χ2v) is 6.45. The molecule has 7 nitrogen and oxygen atoms in total. The van der Waals surface area contributed by atoms with Gasteiger partial charge in [0.05, 0.1) is 26.0 Å². The largest absolute Gasteiger partial charge is 0.494 e. The molecule has 0 N–H and O–H groups in total. The van der Waals surface area contributed by atoms with Crippen LogP contribution in [0.3, 0.4) is 0 Å². The molecule has 0 spiro atoms. The van der Waals surface area contributed by atoms with Crippen LogP contribution in [-0.2, 0) is 0 Å². The summed E-state index contributed by atoms with van der Waals surface area (Å²) in [5, 5.41) is 10.5. The van der Waals surface area contributed by atoms with E-state index >= 15 is 0 Å². The fourth-order valence-corrected chi connectivity index (χ4v) is 3.09. The second-order valence-electron chi connectivity index (χ2n) is 5.46. The zero-order valence-electron chi connectivity index (χ0n) is 12.9. The Balaban J connectivity index is 1.59. The van der Waals surface area contributed by atoms with E-state index in [0.717, 1.165) is 29.6 Å². The van der Waals surface area contributed by atoms with Crippen molar-refractivity contribution in [1.82, 2.24) is 20.2 Å². The van der Waals surface area contributed by atoms with Crippen molar-refractivity contribution in [2.75, 3.05) is 25.1 Å². The summed E-state index contributed by atoms with van der Waals surface area (Å²) in [5.74, 6) is 1.03. The van der Waals surface area contributed by atoms with Crippen molar-refractivity contribution in [3.63, 3.8) is 0 Å². The number of aromatic nitrogens is 4. The molecule has 2 aromatic heterocycles. The van der Waals surface area contributed by atoms with Crippen LogP contribution in [0.1, 0.15) is 31.2 Å². The predicted octanol–water partition coefficient (Wildman–Crippen LogP) is 2.12. The van der Waals surface area contributed by atoms with E-state index in [1.165, 1.54) is 0 Å². The Labute approximate surface area is 133 Å². The van der Waals surface area contributed by atoms with Gasteiger partial charge in [0.25, 0.3) is 0 Å². The molecule has 22 heavy (non-hydrogen) atoms. The van der Waals surface area contributed by atoms with Gasteiger partial charge in [-0.15, -0.1) is 10.2 Å². The van der Waals surface area contributed by atoms with Gasteiger partial charge in [0, 0.05) is 18.9 Å². The molecule has 1 aliphatic heterocycles. The van der Waals surface area contributed by atoms with E-state index < -0.39 is 0 Å². The first kappa shape index (κ1) is 15.0. The lowest BCUT2D eigenvalue weighted by Gasteiger charge is -2.14. The molecule has 0 radical (unpaired) electrons. The molecule has 0 aromatic carbocycles. The normalized spacial score (nSPS) is 18.0. The number of nitrogens with zero attached hydrogens (tertiary/aromatic N) is 5. The Bertz CT molecular complexity index is 616. The van der Waals surface area contributed by atoms with Crippen LogP contribution in [0.2, 0.25) is 0 Å². The van der Waals surface area contributed by atoms with Crippen LogP contribution in [-0.4, -0.2) is 46.5 Å². The fraction of sp³-hybridized carbons (Fsp3) is 0.571. The quantitative estimate of drug-likeness (QED) is 0.835. The Morgan fingerprint density at radius 3 is 2.68 bits per heavy atom. The molecule has 3 heterocycles. The summed E-state index contributed by atoms with van der Waals surface area (Å²) in [7, 11) is 1.58. The maximum atomic E-state index is 5.82. The minimum atomic E-state index is 0.0693. The van der Waals surface area contributed by atoms with E-state index in [4.69, 9.17) is 9.47 Å². The first-order chi connectivity index (χ1) is 10.7. The van der Waals surface area contributed by atoms with Gasteiger partial charge in [-0.25, -0.2) is 0 Å². The van der Waals surface area contributed by atoms with Crippen LogP contribution >= 0.6 is 11.3 Å². The van der Waals surface area contributed by atoms with Crippen molar-refractivity contribution in [2.24, 2.45) is 0 Å². The van der Waals surface area contributed by atoms with Crippen LogP contribution < -0.4 is 14.4 Å². The molecule has 3 rings (SSSR count). The minimum Gasteiger partial charge on any atom is -0.494 e. The molecule has 0 amide bonds. The molecular weight excluding hydrogens is 302 g/mol. The van der Waals surface area contributed by atoms with Gasteiger partial charge < -0.3 is 14.4 Å². The SMILES string of the molecule is COc1cnc(OC2CCN(c3nnc(C(C)C)s3)C2)nc1. The third-order valence-electron chi connectivity index (χ3n) is 3.45. The summed E-state index contributed by atoms with van der Waals surface area (Å²) >= 11 is 1.65. The zero-order chi connectivity index (χ0) is 15.5. The van der Waals surface area contributed by atoms with Gasteiger partial charge in [-0.2, -0.15) is 9.97 Å². The highest BCUT2D eigenvalue weighted by atomic mass is 32.1. The van der Waals surface area contributed by atoms with E-state index in [9.17, 15) is 0 Å². The maximum absolute atomic E-state index is 5.82. The smallest absolute Gasteiger partial charge is 0.316 e. The molecule has 0 bridgehead atoms. The molecule has 1 aliphatic rings. The standard InChI is InChI=1S/C14H19N5O2S/c1-9(2)12-17-18-14(22-12)19-5-4-10(8-19)21-13-15-6-11(20-3)7-16-13/h6-7,9-10H,4-5,8H2,1-3H3. The highest BCUT2D eigenvalue weighted by Gasteiger charge is 2.27. The number of methoxy groups -OCH3 is 1. The van der Waals surface area contributed by atoms with Crippen molar-refractivity contribution in [3.05, 3.63) is 17.4 Å². The van der Waals surface area contributed by atoms with E-state index in [2.05, 4.69) is 38.9 Å². The van der Waals surface area contributed by atoms with Crippen molar-refractivity contribution < 1.29 is 9.47 Å². The van der Waals surface area contributed by atoms with Crippen molar-refractivity contribution >= 4 is 16.5 Å². The Hall–Kier alpha value is -1.96. The molecule has 0 saturated carbocycles. The minimum absolute atomic E-state index is 0.0693. The number of ether oxygens (including phenoxy) is 2. The molecular formula is C14H19N5O2S. The number of anilines is 1. The maximum Gasteiger partial charge on any atom is 0.316 e. The fourth-order valence-electron chi connectivity index (χ4n) is 2.21. The summed E-state index contributed by atoms with van der Waals surface area (Å²) in [4.78, 5) is 10.5. The zero-order valence-corrected chi connectivity index (χ0v) is 13.7. The van der Waals surface area contributed by atoms with Gasteiger partial charge in [0.2, 0.25) is 5.13 Å². The summed E-state index contributed by atoms with van der Waals surface area (Å²) in [5.41, 5.74) is 0. The molecule has 118 valence electrons. The predicted molar refractivity (Wildman–Crippen MR) is 83.8 cm³/mol. The number of hydrogen-bond donors (Lipinski definition) is 0. The topological polar surface area (TPSA) is 73.3 Å². The summed E-state index contributed by atoms with van der Waals surface area (Å²) in [6, 6.07) is 0.382. The lowest BCUT2D eigenvalue weighted by molar-refractivity contribution is 0.205. The second kappa shape index (κ2) is 6.43. The molecule has 1 saturated heterocycles. The van der Waals surface area contributed by atoms with Crippen molar-refractivity contribution in [2.45, 2.75) is 32.3 Å². The number of hydrogen-bond acceptors (Lipinski definition) is 8. The van der Waals surface area contributed by atoms with Crippen LogP contribution in [0, 0.1) is 0 Å². The van der Waals surface area contributed by atoms with Gasteiger partial charge in [0.15, 0.2) is 5.75 Å². The lowest BCUT2D eigenvalue weighted by Crippen LogP contribution is -2.24. The van der Waals surface area contributed by atoms with E-state index in [1.54, 1.807) is 30.8 Å². The monoisotopic (exact) mass is 321 g/mol. The van der Waals surface area contributed by atoms with Gasteiger partial charge in [0.1, 0.15) is 11.1 Å². The van der Waals surface area contributed by atoms with Crippen LogP contribution in [0.5, 0.6) is 11.8 Å². The van der Waals surface area contributed by atoms with E-state index in [0.29, 0.717) is 17.7 Å².